The number of anilines is 1. The Labute approximate surface area is 97.1 Å². The average Bonchev–Trinajstić information content (AvgIpc) is 2.33. The Morgan fingerprint density at radius 3 is 2.62 bits per heavy atom. The number of nitrogens with zero attached hydrogens (tertiary/aromatic N) is 1. The van der Waals surface area contributed by atoms with E-state index in [-0.39, 0.29) is 0 Å². The molecule has 2 rings (SSSR count). The molecular formula is C13H21N2O+. The number of phenols is 1. The third-order valence-electron chi connectivity index (χ3n) is 4.00. The largest absolute Gasteiger partial charge is 0.503 e. The normalized spacial score (nSPS) is 18.1. The molecule has 16 heavy (non-hydrogen) atoms. The Bertz CT molecular complexity index is 397. The maximum absolute atomic E-state index is 10.1. The van der Waals surface area contributed by atoms with E-state index in [1.165, 1.54) is 0 Å². The predicted molar refractivity (Wildman–Crippen MR) is 68.6 cm³/mol. The first-order valence-electron chi connectivity index (χ1n) is 6.11. The molecule has 0 bridgehead atoms. The van der Waals surface area contributed by atoms with Gasteiger partial charge in [0, 0.05) is 17.7 Å². The summed E-state index contributed by atoms with van der Waals surface area (Å²) in [7, 11) is 0. The summed E-state index contributed by atoms with van der Waals surface area (Å²) in [6.07, 6.45) is 2.15. The van der Waals surface area contributed by atoms with Crippen molar-refractivity contribution >= 4 is 11.4 Å². The van der Waals surface area contributed by atoms with Crippen molar-refractivity contribution in [3.63, 3.8) is 0 Å². The zero-order valence-electron chi connectivity index (χ0n) is 10.2. The Morgan fingerprint density at radius 1 is 1.31 bits per heavy atom. The number of aromatic hydroxyl groups is 1. The minimum atomic E-state index is 0.410. The summed E-state index contributed by atoms with van der Waals surface area (Å²) >= 11 is 0. The summed E-state index contributed by atoms with van der Waals surface area (Å²) in [5, 5.41) is 10.1. The van der Waals surface area contributed by atoms with E-state index >= 15 is 0 Å². The molecule has 0 atom stereocenters. The summed E-state index contributed by atoms with van der Waals surface area (Å²) in [4.78, 5) is 0. The van der Waals surface area contributed by atoms with Crippen molar-refractivity contribution in [3.05, 3.63) is 17.7 Å². The molecule has 1 aliphatic rings. The van der Waals surface area contributed by atoms with Gasteiger partial charge in [0.15, 0.2) is 11.4 Å². The van der Waals surface area contributed by atoms with E-state index in [2.05, 4.69) is 13.8 Å². The van der Waals surface area contributed by atoms with Crippen molar-refractivity contribution < 1.29 is 5.11 Å². The second kappa shape index (κ2) is 3.98. The number of nitrogens with two attached hydrogens (primary N) is 1. The molecule has 1 aromatic carbocycles. The second-order valence-corrected chi connectivity index (χ2v) is 4.61. The van der Waals surface area contributed by atoms with Crippen molar-refractivity contribution in [2.24, 2.45) is 0 Å². The minimum absolute atomic E-state index is 0.410. The van der Waals surface area contributed by atoms with Crippen LogP contribution in [0.3, 0.4) is 0 Å². The van der Waals surface area contributed by atoms with Crippen molar-refractivity contribution in [2.45, 2.75) is 26.7 Å². The van der Waals surface area contributed by atoms with E-state index in [9.17, 15) is 5.11 Å². The summed E-state index contributed by atoms with van der Waals surface area (Å²) in [5.41, 5.74) is 9.08. The fourth-order valence-electron chi connectivity index (χ4n) is 2.96. The van der Waals surface area contributed by atoms with Gasteiger partial charge in [-0.05, 0) is 32.4 Å². The van der Waals surface area contributed by atoms with Crippen molar-refractivity contribution in [1.29, 1.82) is 0 Å². The van der Waals surface area contributed by atoms with Crippen LogP contribution in [0.4, 0.5) is 11.4 Å². The molecule has 1 aromatic rings. The zero-order valence-corrected chi connectivity index (χ0v) is 10.2. The molecule has 0 aliphatic carbocycles. The predicted octanol–water partition coefficient (Wildman–Crippen LogP) is 2.27. The number of benzene rings is 1. The number of phenolic OH excluding ortho intramolecular Hbond substituents is 1. The SMILES string of the molecule is CC[N+]1(CC)CCCc2c(N)ccc(O)c21. The Balaban J connectivity index is 2.65. The highest BCUT2D eigenvalue weighted by Crippen LogP contribution is 2.42. The Morgan fingerprint density at radius 2 is 2.00 bits per heavy atom. The molecule has 3 nitrogen and oxygen atoms in total. The van der Waals surface area contributed by atoms with Gasteiger partial charge in [-0.15, -0.1) is 0 Å². The van der Waals surface area contributed by atoms with Crippen LogP contribution in [-0.2, 0) is 6.42 Å². The Hall–Kier alpha value is -1.22. The molecular weight excluding hydrogens is 200 g/mol. The lowest BCUT2D eigenvalue weighted by Crippen LogP contribution is -2.52. The van der Waals surface area contributed by atoms with Crippen LogP contribution in [0.2, 0.25) is 0 Å². The van der Waals surface area contributed by atoms with Gasteiger partial charge in [-0.1, -0.05) is 0 Å². The number of hydrogen-bond donors (Lipinski definition) is 2. The molecule has 1 heterocycles. The lowest BCUT2D eigenvalue weighted by Gasteiger charge is -2.41. The van der Waals surface area contributed by atoms with E-state index < -0.39 is 0 Å². The van der Waals surface area contributed by atoms with Crippen LogP contribution in [0, 0.1) is 0 Å². The molecule has 88 valence electrons. The molecule has 0 fully saturated rings. The smallest absolute Gasteiger partial charge is 0.180 e. The molecule has 0 amide bonds. The van der Waals surface area contributed by atoms with Crippen LogP contribution in [0.5, 0.6) is 5.75 Å². The molecule has 1 aliphatic heterocycles. The molecule has 3 N–H and O–H groups in total. The summed E-state index contributed by atoms with van der Waals surface area (Å²) in [6.45, 7) is 7.50. The standard InChI is InChI=1S/C13H20N2O/c1-3-15(4-2)9-5-6-10-11(14)7-8-12(16)13(10)15/h7-8H,3-6,9,14H2,1-2H3/p+1. The number of quaternary nitrogens is 1. The van der Waals surface area contributed by atoms with Crippen LogP contribution in [0.1, 0.15) is 25.8 Å². The average molecular weight is 221 g/mol. The third-order valence-corrected chi connectivity index (χ3v) is 4.00. The molecule has 0 radical (unpaired) electrons. The van der Waals surface area contributed by atoms with Gasteiger partial charge in [-0.2, -0.15) is 0 Å². The van der Waals surface area contributed by atoms with Crippen molar-refractivity contribution in [3.8, 4) is 5.75 Å². The second-order valence-electron chi connectivity index (χ2n) is 4.61. The van der Waals surface area contributed by atoms with E-state index in [0.717, 1.165) is 53.9 Å². The molecule has 0 spiro atoms. The number of hydrogen-bond acceptors (Lipinski definition) is 2. The van der Waals surface area contributed by atoms with Gasteiger partial charge in [0.05, 0.1) is 19.6 Å². The van der Waals surface area contributed by atoms with E-state index in [0.29, 0.717) is 5.75 Å². The molecule has 0 saturated carbocycles. The van der Waals surface area contributed by atoms with Gasteiger partial charge in [-0.25, -0.2) is 0 Å². The monoisotopic (exact) mass is 221 g/mol. The molecule has 3 heteroatoms. The van der Waals surface area contributed by atoms with Crippen LogP contribution >= 0.6 is 0 Å². The number of rotatable bonds is 2. The maximum atomic E-state index is 10.1. The van der Waals surface area contributed by atoms with Gasteiger partial charge in [0.2, 0.25) is 0 Å². The maximum Gasteiger partial charge on any atom is 0.180 e. The molecule has 0 unspecified atom stereocenters. The summed E-state index contributed by atoms with van der Waals surface area (Å²) in [6, 6.07) is 3.55. The highest BCUT2D eigenvalue weighted by molar-refractivity contribution is 5.70. The quantitative estimate of drug-likeness (QED) is 0.457. The van der Waals surface area contributed by atoms with E-state index in [4.69, 9.17) is 5.73 Å². The number of fused-ring (bicyclic) bond motifs is 1. The topological polar surface area (TPSA) is 46.2 Å². The summed E-state index contributed by atoms with van der Waals surface area (Å²) in [5.74, 6) is 0.410. The van der Waals surface area contributed by atoms with Crippen molar-refractivity contribution in [2.75, 3.05) is 25.4 Å². The summed E-state index contributed by atoms with van der Waals surface area (Å²) < 4.78 is 0.867. The first kappa shape index (κ1) is 11.3. The lowest BCUT2D eigenvalue weighted by atomic mass is 9.96. The van der Waals surface area contributed by atoms with Gasteiger partial charge in [0.1, 0.15) is 0 Å². The fraction of sp³-hybridized carbons (Fsp3) is 0.538. The van der Waals surface area contributed by atoms with E-state index in [1.54, 1.807) is 6.07 Å². The van der Waals surface area contributed by atoms with E-state index in [1.807, 2.05) is 6.07 Å². The van der Waals surface area contributed by atoms with Crippen LogP contribution in [0.15, 0.2) is 12.1 Å². The minimum Gasteiger partial charge on any atom is -0.503 e. The highest BCUT2D eigenvalue weighted by Gasteiger charge is 2.36. The van der Waals surface area contributed by atoms with Crippen LogP contribution in [-0.4, -0.2) is 24.7 Å². The molecule has 0 aromatic heterocycles. The Kier molecular flexibility index (Phi) is 2.80. The zero-order chi connectivity index (χ0) is 11.8. The van der Waals surface area contributed by atoms with Gasteiger partial charge < -0.3 is 10.8 Å². The lowest BCUT2D eigenvalue weighted by molar-refractivity contribution is 0.271. The first-order valence-corrected chi connectivity index (χ1v) is 6.11. The highest BCUT2D eigenvalue weighted by atomic mass is 16.3. The van der Waals surface area contributed by atoms with Crippen LogP contribution < -0.4 is 10.2 Å². The fourth-order valence-corrected chi connectivity index (χ4v) is 2.96. The molecule has 0 saturated heterocycles. The third kappa shape index (κ3) is 1.47. The van der Waals surface area contributed by atoms with Crippen LogP contribution in [0.25, 0.3) is 0 Å². The van der Waals surface area contributed by atoms with Gasteiger partial charge in [0.25, 0.3) is 0 Å². The van der Waals surface area contributed by atoms with Gasteiger partial charge in [-0.3, -0.25) is 4.48 Å². The number of nitrogen functional groups attached to an aromatic ring is 1. The van der Waals surface area contributed by atoms with Gasteiger partial charge >= 0.3 is 0 Å². The van der Waals surface area contributed by atoms with Crippen molar-refractivity contribution in [1.82, 2.24) is 4.48 Å². The first-order chi connectivity index (χ1) is 7.64.